The van der Waals surface area contributed by atoms with Gasteiger partial charge in [-0.15, -0.1) is 0 Å². The van der Waals surface area contributed by atoms with E-state index in [4.69, 9.17) is 21.4 Å². The molecule has 0 aliphatic rings. The van der Waals surface area contributed by atoms with E-state index in [1.165, 1.54) is 6.07 Å². The molecule has 20 heavy (non-hydrogen) atoms. The number of hydrogen-bond donors (Lipinski definition) is 1. The fourth-order valence-corrected chi connectivity index (χ4v) is 2.14. The van der Waals surface area contributed by atoms with Gasteiger partial charge in [0.15, 0.2) is 0 Å². The highest BCUT2D eigenvalue weighted by molar-refractivity contribution is 6.31. The van der Waals surface area contributed by atoms with Crippen molar-refractivity contribution in [3.8, 4) is 5.75 Å². The highest BCUT2D eigenvalue weighted by Crippen LogP contribution is 2.24. The van der Waals surface area contributed by atoms with Crippen molar-refractivity contribution >= 4 is 17.6 Å². The summed E-state index contributed by atoms with van der Waals surface area (Å²) in [6.45, 7) is 3.92. The van der Waals surface area contributed by atoms with Crippen molar-refractivity contribution in [1.29, 1.82) is 0 Å². The number of carboxylic acids is 1. The molecule has 0 aliphatic carbocycles. The van der Waals surface area contributed by atoms with Gasteiger partial charge in [0.25, 0.3) is 0 Å². The van der Waals surface area contributed by atoms with Crippen molar-refractivity contribution in [2.75, 3.05) is 0 Å². The lowest BCUT2D eigenvalue weighted by molar-refractivity contribution is 0.0696. The summed E-state index contributed by atoms with van der Waals surface area (Å²) >= 11 is 6.15. The summed E-state index contributed by atoms with van der Waals surface area (Å²) in [5.41, 5.74) is 2.54. The van der Waals surface area contributed by atoms with Crippen LogP contribution in [0.1, 0.15) is 27.3 Å². The number of nitrogens with zero attached hydrogens (tertiary/aromatic N) is 2. The van der Waals surface area contributed by atoms with Gasteiger partial charge in [-0.2, -0.15) is 5.10 Å². The molecule has 0 aliphatic heterocycles. The predicted molar refractivity (Wildman–Crippen MR) is 75.4 cm³/mol. The topological polar surface area (TPSA) is 64.3 Å². The summed E-state index contributed by atoms with van der Waals surface area (Å²) < 4.78 is 7.37. The number of rotatable bonds is 4. The van der Waals surface area contributed by atoms with Crippen molar-refractivity contribution in [3.63, 3.8) is 0 Å². The third-order valence-corrected chi connectivity index (χ3v) is 3.54. The summed E-state index contributed by atoms with van der Waals surface area (Å²) in [5, 5.41) is 13.7. The first kappa shape index (κ1) is 14.4. The van der Waals surface area contributed by atoms with Crippen molar-refractivity contribution in [2.24, 2.45) is 7.05 Å². The Kier molecular flexibility index (Phi) is 3.99. The fourth-order valence-electron chi connectivity index (χ4n) is 1.93. The molecule has 5 nitrogen and oxygen atoms in total. The second-order valence-electron chi connectivity index (χ2n) is 4.54. The SMILES string of the molecule is Cc1cc(C(=O)O)ccc1OCc1c(Cl)c(C)nn1C. The molecule has 0 fully saturated rings. The van der Waals surface area contributed by atoms with Crippen molar-refractivity contribution < 1.29 is 14.6 Å². The summed E-state index contributed by atoms with van der Waals surface area (Å²) in [7, 11) is 1.80. The molecular weight excluding hydrogens is 280 g/mol. The number of halogens is 1. The van der Waals surface area contributed by atoms with Gasteiger partial charge in [0, 0.05) is 7.05 Å². The lowest BCUT2D eigenvalue weighted by Crippen LogP contribution is -2.05. The Morgan fingerprint density at radius 2 is 2.15 bits per heavy atom. The predicted octanol–water partition coefficient (Wildman–Crippen LogP) is 2.97. The second-order valence-corrected chi connectivity index (χ2v) is 4.92. The number of aromatic nitrogens is 2. The molecule has 1 aromatic heterocycles. The number of ether oxygens (including phenoxy) is 1. The Bertz CT molecular complexity index is 665. The summed E-state index contributed by atoms with van der Waals surface area (Å²) in [5.74, 6) is -0.324. The molecule has 1 heterocycles. The van der Waals surface area contributed by atoms with Gasteiger partial charge < -0.3 is 9.84 Å². The zero-order chi connectivity index (χ0) is 14.9. The number of benzene rings is 1. The summed E-state index contributed by atoms with van der Waals surface area (Å²) in [6.07, 6.45) is 0. The van der Waals surface area contributed by atoms with Crippen LogP contribution in [0.4, 0.5) is 0 Å². The number of carboxylic acid groups (broad SMARTS) is 1. The third kappa shape index (κ3) is 2.77. The first-order chi connectivity index (χ1) is 9.40. The van der Waals surface area contributed by atoms with Gasteiger partial charge in [-0.25, -0.2) is 4.79 Å². The van der Waals surface area contributed by atoms with Crippen molar-refractivity contribution in [3.05, 3.63) is 45.7 Å². The molecule has 0 spiro atoms. The molecule has 0 atom stereocenters. The molecule has 0 unspecified atom stereocenters. The van der Waals surface area contributed by atoms with Crippen LogP contribution in [0.15, 0.2) is 18.2 Å². The van der Waals surface area contributed by atoms with E-state index in [0.29, 0.717) is 10.8 Å². The maximum absolute atomic E-state index is 10.9. The van der Waals surface area contributed by atoms with E-state index in [9.17, 15) is 4.79 Å². The molecule has 1 N–H and O–H groups in total. The lowest BCUT2D eigenvalue weighted by Gasteiger charge is -2.10. The van der Waals surface area contributed by atoms with Gasteiger partial charge in [-0.05, 0) is 37.6 Å². The highest BCUT2D eigenvalue weighted by atomic mass is 35.5. The van der Waals surface area contributed by atoms with E-state index in [0.717, 1.165) is 17.0 Å². The van der Waals surface area contributed by atoms with E-state index in [1.807, 2.05) is 6.92 Å². The minimum atomic E-state index is -0.954. The summed E-state index contributed by atoms with van der Waals surface area (Å²) in [6, 6.07) is 4.74. The van der Waals surface area contributed by atoms with Crippen LogP contribution < -0.4 is 4.74 Å². The normalized spacial score (nSPS) is 10.6. The fraction of sp³-hybridized carbons (Fsp3) is 0.286. The lowest BCUT2D eigenvalue weighted by atomic mass is 10.1. The van der Waals surface area contributed by atoms with Gasteiger partial charge in [0.2, 0.25) is 0 Å². The van der Waals surface area contributed by atoms with E-state index >= 15 is 0 Å². The van der Waals surface area contributed by atoms with Gasteiger partial charge in [0.1, 0.15) is 12.4 Å². The molecule has 0 bridgehead atoms. The monoisotopic (exact) mass is 294 g/mol. The second kappa shape index (κ2) is 5.54. The smallest absolute Gasteiger partial charge is 0.335 e. The van der Waals surface area contributed by atoms with Gasteiger partial charge in [-0.1, -0.05) is 11.6 Å². The number of aromatic carboxylic acids is 1. The molecule has 0 saturated heterocycles. The number of carbonyl (C=O) groups is 1. The Hall–Kier alpha value is -2.01. The van der Waals surface area contributed by atoms with Crippen molar-refractivity contribution in [2.45, 2.75) is 20.5 Å². The van der Waals surface area contributed by atoms with Gasteiger partial charge in [0.05, 0.1) is 22.0 Å². The van der Waals surface area contributed by atoms with Gasteiger partial charge in [-0.3, -0.25) is 4.68 Å². The van der Waals surface area contributed by atoms with E-state index in [1.54, 1.807) is 30.8 Å². The molecule has 1 aromatic carbocycles. The Labute approximate surface area is 121 Å². The largest absolute Gasteiger partial charge is 0.487 e. The Balaban J connectivity index is 2.17. The molecule has 6 heteroatoms. The Morgan fingerprint density at radius 1 is 1.45 bits per heavy atom. The first-order valence-electron chi connectivity index (χ1n) is 6.05. The van der Waals surface area contributed by atoms with E-state index in [2.05, 4.69) is 5.10 Å². The quantitative estimate of drug-likeness (QED) is 0.941. The van der Waals surface area contributed by atoms with E-state index in [-0.39, 0.29) is 12.2 Å². The molecular formula is C14H15ClN2O3. The van der Waals surface area contributed by atoms with Crippen LogP contribution in [-0.4, -0.2) is 20.9 Å². The molecule has 0 saturated carbocycles. The average Bonchev–Trinajstić information content (AvgIpc) is 2.62. The van der Waals surface area contributed by atoms with Gasteiger partial charge >= 0.3 is 5.97 Å². The zero-order valence-corrected chi connectivity index (χ0v) is 12.2. The van der Waals surface area contributed by atoms with Crippen LogP contribution in [0.5, 0.6) is 5.75 Å². The first-order valence-corrected chi connectivity index (χ1v) is 6.42. The molecule has 2 aromatic rings. The number of aryl methyl sites for hydroxylation is 3. The average molecular weight is 295 g/mol. The van der Waals surface area contributed by atoms with Crippen LogP contribution >= 0.6 is 11.6 Å². The minimum Gasteiger partial charge on any atom is -0.487 e. The highest BCUT2D eigenvalue weighted by Gasteiger charge is 2.12. The maximum Gasteiger partial charge on any atom is 0.335 e. The van der Waals surface area contributed by atoms with Crippen LogP contribution in [0.25, 0.3) is 0 Å². The maximum atomic E-state index is 10.9. The zero-order valence-electron chi connectivity index (χ0n) is 11.5. The van der Waals surface area contributed by atoms with Crippen LogP contribution in [0, 0.1) is 13.8 Å². The molecule has 2 rings (SSSR count). The Morgan fingerprint density at radius 3 is 2.65 bits per heavy atom. The molecule has 0 amide bonds. The molecule has 106 valence electrons. The van der Waals surface area contributed by atoms with E-state index < -0.39 is 5.97 Å². The van der Waals surface area contributed by atoms with Crippen LogP contribution in [-0.2, 0) is 13.7 Å². The van der Waals surface area contributed by atoms with Crippen LogP contribution in [0.2, 0.25) is 5.02 Å². The minimum absolute atomic E-state index is 0.240. The number of hydrogen-bond acceptors (Lipinski definition) is 3. The summed E-state index contributed by atoms with van der Waals surface area (Å²) in [4.78, 5) is 10.9. The molecule has 0 radical (unpaired) electrons. The van der Waals surface area contributed by atoms with Crippen LogP contribution in [0.3, 0.4) is 0 Å². The van der Waals surface area contributed by atoms with Crippen molar-refractivity contribution in [1.82, 2.24) is 9.78 Å². The standard InChI is InChI=1S/C14H15ClN2O3/c1-8-6-10(14(18)19)4-5-12(8)20-7-11-13(15)9(2)16-17(11)3/h4-6H,7H2,1-3H3,(H,18,19). The third-order valence-electron chi connectivity index (χ3n) is 3.05.